The maximum absolute atomic E-state index is 12.2. The number of nitrogens with one attached hydrogen (secondary N) is 1. The Labute approximate surface area is 431 Å². The van der Waals surface area contributed by atoms with E-state index in [9.17, 15) is 45.9 Å². The van der Waals surface area contributed by atoms with Crippen LogP contribution >= 0.6 is 23.2 Å². The number of halogens is 2. The van der Waals surface area contributed by atoms with Crippen LogP contribution in [0.3, 0.4) is 0 Å². The maximum Gasteiger partial charge on any atom is 1.00 e. The molecular formula is C27H38Cl2K3N7O9S2. The van der Waals surface area contributed by atoms with Gasteiger partial charge >= 0.3 is 154 Å². The largest absolute Gasteiger partial charge is 1.00 e. The number of hydrogen-bond donors (Lipinski definition) is 1. The van der Waals surface area contributed by atoms with E-state index in [-0.39, 0.29) is 203 Å². The molecule has 0 bridgehead atoms. The van der Waals surface area contributed by atoms with Gasteiger partial charge in [-0.2, -0.15) is 15.5 Å². The van der Waals surface area contributed by atoms with Crippen LogP contribution in [0, 0.1) is 17.2 Å². The molecule has 1 N–H and O–H groups in total. The van der Waals surface area contributed by atoms with Crippen molar-refractivity contribution in [3.05, 3.63) is 11.8 Å². The number of azo groups is 1. The van der Waals surface area contributed by atoms with Crippen LogP contribution < -0.4 is 165 Å². The molecule has 50 heavy (non-hydrogen) atoms. The summed E-state index contributed by atoms with van der Waals surface area (Å²) in [5.74, 6) is -3.32. The molecule has 1 aromatic rings. The van der Waals surface area contributed by atoms with Crippen molar-refractivity contribution < 1.29 is 195 Å². The number of nitriles is 1. The number of alkyl halides is 2. The maximum atomic E-state index is 12.2. The first-order chi connectivity index (χ1) is 22.0. The average molecular weight is 857 g/mol. The van der Waals surface area contributed by atoms with Crippen molar-refractivity contribution in [1.29, 1.82) is 5.26 Å². The summed E-state index contributed by atoms with van der Waals surface area (Å²) in [6.07, 6.45) is 3.96. The minimum atomic E-state index is -4.37. The van der Waals surface area contributed by atoms with E-state index in [1.165, 1.54) is 17.8 Å². The Hall–Kier alpha value is 2.51. The quantitative estimate of drug-likeness (QED) is 0.0535. The summed E-state index contributed by atoms with van der Waals surface area (Å²) in [6, 6.07) is 0.187. The van der Waals surface area contributed by atoms with Crippen LogP contribution in [0.25, 0.3) is 0 Å². The summed E-state index contributed by atoms with van der Waals surface area (Å²) in [5.41, 5.74) is 0.0969. The Balaban J connectivity index is 0.00000800. The number of hydrogen-bond acceptors (Lipinski definition) is 14. The number of rotatable bonds is 16. The minimum Gasteiger partial charge on any atom is -0.748 e. The van der Waals surface area contributed by atoms with Crippen molar-refractivity contribution in [1.82, 2.24) is 20.0 Å². The number of carbonyl (C=O) groups is 2. The normalized spacial score (nSPS) is 25.5. The number of unbranched alkanes of at least 4 members (excludes halogenated alkanes) is 2. The van der Waals surface area contributed by atoms with Gasteiger partial charge in [0.2, 0.25) is 5.91 Å². The van der Waals surface area contributed by atoms with E-state index in [0.717, 1.165) is 0 Å². The van der Waals surface area contributed by atoms with Gasteiger partial charge < -0.3 is 29.2 Å². The first-order valence-electron chi connectivity index (χ1n) is 15.2. The van der Waals surface area contributed by atoms with Gasteiger partial charge in [0.05, 0.1) is 55.3 Å². The monoisotopic (exact) mass is 855 g/mol. The third-order valence-corrected chi connectivity index (χ3v) is 10.9. The number of carbonyl (C=O) groups excluding carboxylic acids is 2. The van der Waals surface area contributed by atoms with E-state index in [1.807, 2.05) is 11.0 Å². The molecule has 23 heteroatoms. The number of carboxylic acids is 1. The van der Waals surface area contributed by atoms with E-state index < -0.39 is 72.5 Å². The van der Waals surface area contributed by atoms with Crippen LogP contribution in [-0.2, 0) is 29.8 Å². The number of aromatic nitrogens is 2. The Morgan fingerprint density at radius 2 is 1.54 bits per heavy atom. The summed E-state index contributed by atoms with van der Waals surface area (Å²) in [5, 5.41) is 35.7. The van der Waals surface area contributed by atoms with Gasteiger partial charge in [-0.3, -0.25) is 4.79 Å². The molecule has 2 fully saturated rings. The molecule has 1 heterocycles. The standard InChI is InChI=1S/C27H41Cl2N7O9S2.3K/c1-17(37)32-24-14-20(35(8-2-4-10-46(40,41)42)9-3-5-11-47(43,44)45)6-7-23(24)33-34-26-19(15-30)16-31-36(26)25-21(28)12-18(27(38)39)13-22(25)29;;;/h16,18,20-25H,2-14H2,1H3,(H,32,37)(H,38,39)(H,40,41,42)(H,43,44,45);;;/q;3*+1/p-3. The second-order valence-electron chi connectivity index (χ2n) is 12.0. The number of nitrogens with zero attached hydrogens (tertiary/aromatic N) is 6. The van der Waals surface area contributed by atoms with Crippen molar-refractivity contribution in [3.63, 3.8) is 0 Å². The van der Waals surface area contributed by atoms with Crippen molar-refractivity contribution >= 4 is 61.1 Å². The molecule has 3 rings (SSSR count). The van der Waals surface area contributed by atoms with Gasteiger partial charge in [0.15, 0.2) is 5.82 Å². The fourth-order valence-electron chi connectivity index (χ4n) is 6.21. The number of aliphatic carboxylic acids is 1. The first kappa shape index (κ1) is 52.5. The second kappa shape index (κ2) is 25.0. The Morgan fingerprint density at radius 3 is 2.00 bits per heavy atom. The number of carboxylic acid groups (broad SMARTS) is 1. The fourth-order valence-corrected chi connectivity index (χ4v) is 8.39. The van der Waals surface area contributed by atoms with Gasteiger partial charge in [-0.1, -0.05) is 0 Å². The predicted molar refractivity (Wildman–Crippen MR) is 166 cm³/mol. The van der Waals surface area contributed by atoms with Crippen molar-refractivity contribution in [3.8, 4) is 6.07 Å². The molecule has 5 atom stereocenters. The molecular weight excluding hydrogens is 819 g/mol. The summed E-state index contributed by atoms with van der Waals surface area (Å²) >= 11 is 13.1. The predicted octanol–water partition coefficient (Wildman–Crippen LogP) is -7.86. The first-order valence-corrected chi connectivity index (χ1v) is 19.3. The molecule has 5 unspecified atom stereocenters. The molecule has 2 aliphatic carbocycles. The molecule has 0 saturated heterocycles. The molecule has 2 saturated carbocycles. The Bertz CT molecular complexity index is 1500. The summed E-state index contributed by atoms with van der Waals surface area (Å²) in [6.45, 7) is 2.18. The summed E-state index contributed by atoms with van der Waals surface area (Å²) < 4.78 is 67.7. The van der Waals surface area contributed by atoms with Crippen LogP contribution in [0.15, 0.2) is 16.4 Å². The molecule has 0 spiro atoms. The van der Waals surface area contributed by atoms with Gasteiger partial charge in [0, 0.05) is 36.4 Å². The molecule has 1 amide bonds. The zero-order chi connectivity index (χ0) is 34.9. The summed E-state index contributed by atoms with van der Waals surface area (Å²) in [4.78, 5) is 25.7. The van der Waals surface area contributed by atoms with Crippen molar-refractivity contribution in [2.45, 2.75) is 99.6 Å². The van der Waals surface area contributed by atoms with E-state index in [4.69, 9.17) is 23.2 Å². The van der Waals surface area contributed by atoms with E-state index in [2.05, 4.69) is 20.6 Å². The van der Waals surface area contributed by atoms with Gasteiger partial charge in [-0.15, -0.1) is 28.3 Å². The Kier molecular flexibility index (Phi) is 26.2. The van der Waals surface area contributed by atoms with Gasteiger partial charge in [0.25, 0.3) is 0 Å². The zero-order valence-corrected chi connectivity index (χ0v) is 41.3. The molecule has 0 radical (unpaired) electrons. The molecule has 16 nitrogen and oxygen atoms in total. The Morgan fingerprint density at radius 1 is 1.00 bits per heavy atom. The van der Waals surface area contributed by atoms with Crippen molar-refractivity contribution in [2.24, 2.45) is 16.1 Å². The van der Waals surface area contributed by atoms with Crippen LogP contribution in [0.5, 0.6) is 0 Å². The molecule has 2 aliphatic rings. The third-order valence-electron chi connectivity index (χ3n) is 8.44. The van der Waals surface area contributed by atoms with Gasteiger partial charge in [-0.05, 0) is 70.9 Å². The topological polar surface area (TPSA) is 253 Å². The van der Waals surface area contributed by atoms with E-state index in [1.54, 1.807) is 0 Å². The third kappa shape index (κ3) is 17.8. The smallest absolute Gasteiger partial charge is 0.748 e. The summed E-state index contributed by atoms with van der Waals surface area (Å²) in [7, 11) is -8.75. The minimum absolute atomic E-state index is 0. The van der Waals surface area contributed by atoms with Crippen LogP contribution in [0.1, 0.15) is 76.3 Å². The number of amides is 1. The van der Waals surface area contributed by atoms with Crippen molar-refractivity contribution in [2.75, 3.05) is 24.6 Å². The fraction of sp³-hybridized carbons (Fsp3) is 0.778. The van der Waals surface area contributed by atoms with Gasteiger partial charge in [-0.25, -0.2) is 21.5 Å². The van der Waals surface area contributed by atoms with Gasteiger partial charge in [0.1, 0.15) is 11.6 Å². The van der Waals surface area contributed by atoms with Crippen LogP contribution in [0.2, 0.25) is 0 Å². The molecule has 0 aromatic carbocycles. The van der Waals surface area contributed by atoms with Crippen LogP contribution in [-0.4, -0.2) is 106 Å². The SMILES string of the molecule is CC(=O)NC1CC(N(CCCCS(=O)(=O)[O-])CCCCS(=O)(=O)[O-])CCC1N=Nc1c(C#N)cnn1C1C(Cl)CC(C(=O)[O-])CC1Cl.[K+].[K+].[K+]. The molecule has 1 aromatic heterocycles. The van der Waals surface area contributed by atoms with Crippen LogP contribution in [0.4, 0.5) is 5.82 Å². The average Bonchev–Trinajstić information content (AvgIpc) is 3.36. The van der Waals surface area contributed by atoms with E-state index >= 15 is 0 Å². The molecule has 264 valence electrons. The zero-order valence-electron chi connectivity index (χ0n) is 28.7. The van der Waals surface area contributed by atoms with E-state index in [0.29, 0.717) is 45.2 Å². The molecule has 0 aliphatic heterocycles. The second-order valence-corrected chi connectivity index (χ2v) is 16.1.